The Balaban J connectivity index is 0.00000342. The molecule has 0 fully saturated rings. The van der Waals surface area contributed by atoms with Gasteiger partial charge in [0, 0.05) is 22.7 Å². The molecule has 0 saturated heterocycles. The lowest BCUT2D eigenvalue weighted by atomic mass is 10.1. The Hall–Kier alpha value is -3.85. The van der Waals surface area contributed by atoms with Gasteiger partial charge in [0.1, 0.15) is 6.33 Å². The highest BCUT2D eigenvalue weighted by molar-refractivity contribution is 5.96. The van der Waals surface area contributed by atoms with Gasteiger partial charge < -0.3 is 0 Å². The van der Waals surface area contributed by atoms with Crippen LogP contribution >= 0.6 is 12.4 Å². The van der Waals surface area contributed by atoms with Gasteiger partial charge in [0.15, 0.2) is 11.6 Å². The summed E-state index contributed by atoms with van der Waals surface area (Å²) in [5, 5.41) is 4.09. The second-order valence-corrected chi connectivity index (χ2v) is 7.58. The molecule has 35 heavy (non-hydrogen) atoms. The number of benzene rings is 3. The number of halogens is 1. The van der Waals surface area contributed by atoms with Crippen molar-refractivity contribution in [2.45, 2.75) is 13.8 Å². The van der Waals surface area contributed by atoms with Crippen LogP contribution in [0.4, 0.5) is 22.7 Å². The number of Topliss-reactive ketones (excluding diaryl/α,β-unsaturated/α-hetero) is 2. The number of hydrogen-bond acceptors (Lipinski definition) is 8. The molecule has 0 saturated carbocycles. The highest BCUT2D eigenvalue weighted by Crippen LogP contribution is 2.40. The molecule has 1 heterocycles. The average Bonchev–Trinajstić information content (AvgIpc) is 2.85. The van der Waals surface area contributed by atoms with Crippen LogP contribution in [0, 0.1) is 0 Å². The van der Waals surface area contributed by atoms with E-state index < -0.39 is 0 Å². The van der Waals surface area contributed by atoms with Crippen molar-refractivity contribution in [2.75, 3.05) is 24.3 Å². The molecular formula is C26H25ClN4O4. The quantitative estimate of drug-likeness (QED) is 0.223. The van der Waals surface area contributed by atoms with Crippen LogP contribution in [0.2, 0.25) is 0 Å². The van der Waals surface area contributed by atoms with Gasteiger partial charge in [-0.05, 0) is 74.5 Å². The first-order chi connectivity index (χ1) is 16.4. The van der Waals surface area contributed by atoms with E-state index >= 15 is 0 Å². The molecule has 0 atom stereocenters. The van der Waals surface area contributed by atoms with Gasteiger partial charge in [0.05, 0.1) is 42.5 Å². The van der Waals surface area contributed by atoms with E-state index in [1.54, 1.807) is 54.8 Å². The molecule has 0 aliphatic carbocycles. The fraction of sp³-hybridized carbons (Fsp3) is 0.154. The van der Waals surface area contributed by atoms with Gasteiger partial charge in [-0.3, -0.25) is 19.3 Å². The van der Waals surface area contributed by atoms with Gasteiger partial charge in [0.25, 0.3) is 0 Å². The van der Waals surface area contributed by atoms with Gasteiger partial charge in [-0.1, -0.05) is 0 Å². The minimum atomic E-state index is -0.0156. The molecule has 9 heteroatoms. The number of fused-ring (bicyclic) bond motifs is 1. The van der Waals surface area contributed by atoms with Crippen molar-refractivity contribution < 1.29 is 19.3 Å². The first-order valence-corrected chi connectivity index (χ1v) is 10.6. The van der Waals surface area contributed by atoms with Crippen LogP contribution in [-0.2, 0) is 9.68 Å². The van der Waals surface area contributed by atoms with Crippen LogP contribution < -0.4 is 10.1 Å². The summed E-state index contributed by atoms with van der Waals surface area (Å²) in [6.45, 7) is 3.05. The second-order valence-electron chi connectivity index (χ2n) is 7.58. The highest BCUT2D eigenvalue weighted by Gasteiger charge is 2.22. The van der Waals surface area contributed by atoms with Gasteiger partial charge in [0.2, 0.25) is 0 Å². The lowest BCUT2D eigenvalue weighted by Crippen LogP contribution is -2.22. The van der Waals surface area contributed by atoms with Gasteiger partial charge in [-0.15, -0.1) is 12.4 Å². The molecule has 1 aromatic heterocycles. The van der Waals surface area contributed by atoms with Crippen LogP contribution in [0.5, 0.6) is 0 Å². The summed E-state index contributed by atoms with van der Waals surface area (Å²) in [5.41, 5.74) is 4.68. The summed E-state index contributed by atoms with van der Waals surface area (Å²) >= 11 is 0. The normalized spacial score (nSPS) is 10.5. The number of carbonyl (C=O) groups excluding carboxylic acids is 2. The van der Waals surface area contributed by atoms with E-state index in [2.05, 4.69) is 9.97 Å². The largest absolute Gasteiger partial charge is 0.295 e. The minimum absolute atomic E-state index is 0. The van der Waals surface area contributed by atoms with Crippen molar-refractivity contribution in [1.82, 2.24) is 9.97 Å². The molecule has 180 valence electrons. The Morgan fingerprint density at radius 1 is 0.743 bits per heavy atom. The smallest absolute Gasteiger partial charge is 0.159 e. The SMILES string of the molecule is CON(c1ccc(C(C)=O)cc1)c1cc2cncnc2cc1N(OC)c1ccc(C(C)=O)cc1.Cl. The lowest BCUT2D eigenvalue weighted by Gasteiger charge is -2.30. The van der Waals surface area contributed by atoms with E-state index in [-0.39, 0.29) is 24.0 Å². The second kappa shape index (κ2) is 11.1. The molecule has 0 bridgehead atoms. The Morgan fingerprint density at radius 3 is 1.63 bits per heavy atom. The molecule has 4 rings (SSSR count). The fourth-order valence-electron chi connectivity index (χ4n) is 3.68. The molecule has 3 aromatic carbocycles. The summed E-state index contributed by atoms with van der Waals surface area (Å²) in [6, 6.07) is 18.0. The van der Waals surface area contributed by atoms with E-state index in [0.717, 1.165) is 10.9 Å². The lowest BCUT2D eigenvalue weighted by molar-refractivity contribution is 0.100. The number of ketones is 2. The minimum Gasteiger partial charge on any atom is -0.295 e. The average molecular weight is 493 g/mol. The van der Waals surface area contributed by atoms with Crippen molar-refractivity contribution in [2.24, 2.45) is 0 Å². The predicted molar refractivity (Wildman–Crippen MR) is 138 cm³/mol. The summed E-state index contributed by atoms with van der Waals surface area (Å²) in [7, 11) is 3.12. The molecular weight excluding hydrogens is 468 g/mol. The van der Waals surface area contributed by atoms with E-state index in [9.17, 15) is 9.59 Å². The van der Waals surface area contributed by atoms with Crippen LogP contribution in [0.25, 0.3) is 10.9 Å². The number of hydrogen-bond donors (Lipinski definition) is 0. The number of nitrogens with zero attached hydrogens (tertiary/aromatic N) is 4. The molecule has 0 radical (unpaired) electrons. The first-order valence-electron chi connectivity index (χ1n) is 10.6. The molecule has 0 spiro atoms. The zero-order chi connectivity index (χ0) is 24.2. The topological polar surface area (TPSA) is 84.9 Å². The van der Waals surface area contributed by atoms with E-state index in [1.807, 2.05) is 36.4 Å². The van der Waals surface area contributed by atoms with Crippen LogP contribution in [0.3, 0.4) is 0 Å². The fourth-order valence-corrected chi connectivity index (χ4v) is 3.68. The van der Waals surface area contributed by atoms with Gasteiger partial charge in [-0.2, -0.15) is 0 Å². The molecule has 8 nitrogen and oxygen atoms in total. The first kappa shape index (κ1) is 25.8. The zero-order valence-corrected chi connectivity index (χ0v) is 20.6. The van der Waals surface area contributed by atoms with E-state index in [1.165, 1.54) is 20.2 Å². The van der Waals surface area contributed by atoms with Crippen molar-refractivity contribution >= 4 is 57.6 Å². The third-order valence-electron chi connectivity index (χ3n) is 5.42. The Kier molecular flexibility index (Phi) is 8.14. The third-order valence-corrected chi connectivity index (χ3v) is 5.42. The van der Waals surface area contributed by atoms with Crippen molar-refractivity contribution in [3.63, 3.8) is 0 Å². The summed E-state index contributed by atoms with van der Waals surface area (Å²) < 4.78 is 0. The predicted octanol–water partition coefficient (Wildman–Crippen LogP) is 5.86. The number of carbonyl (C=O) groups is 2. The number of anilines is 4. The van der Waals surface area contributed by atoms with Crippen molar-refractivity contribution in [1.29, 1.82) is 0 Å². The maximum atomic E-state index is 11.7. The Bertz CT molecular complexity index is 1240. The highest BCUT2D eigenvalue weighted by atomic mass is 35.5. The van der Waals surface area contributed by atoms with Crippen molar-refractivity contribution in [3.05, 3.63) is 84.3 Å². The van der Waals surface area contributed by atoms with Crippen molar-refractivity contribution in [3.8, 4) is 0 Å². The standard InChI is InChI=1S/C26H24N4O4.ClH/c1-17(31)19-5-9-22(10-6-19)29(33-3)25-13-21-15-27-16-28-24(21)14-26(25)30(34-4)23-11-7-20(8-12-23)18(2)32;/h5-16H,1-4H3;1H. The van der Waals surface area contributed by atoms with Crippen LogP contribution in [-0.4, -0.2) is 35.8 Å². The number of rotatable bonds is 8. The van der Waals surface area contributed by atoms with Crippen LogP contribution in [0.15, 0.2) is 73.2 Å². The van der Waals surface area contributed by atoms with Gasteiger partial charge in [-0.25, -0.2) is 20.1 Å². The summed E-state index contributed by atoms with van der Waals surface area (Å²) in [4.78, 5) is 43.5. The van der Waals surface area contributed by atoms with E-state index in [4.69, 9.17) is 9.68 Å². The number of aromatic nitrogens is 2. The summed E-state index contributed by atoms with van der Waals surface area (Å²) in [5.74, 6) is -0.0307. The maximum absolute atomic E-state index is 11.7. The van der Waals surface area contributed by atoms with E-state index in [0.29, 0.717) is 33.9 Å². The van der Waals surface area contributed by atoms with Crippen LogP contribution in [0.1, 0.15) is 34.6 Å². The maximum Gasteiger partial charge on any atom is 0.159 e. The summed E-state index contributed by atoms with van der Waals surface area (Å²) in [6.07, 6.45) is 3.21. The Labute approximate surface area is 209 Å². The Morgan fingerprint density at radius 2 is 1.20 bits per heavy atom. The molecule has 0 aliphatic rings. The monoisotopic (exact) mass is 492 g/mol. The zero-order valence-electron chi connectivity index (χ0n) is 19.8. The molecule has 0 aliphatic heterocycles. The molecule has 0 unspecified atom stereocenters. The molecule has 0 amide bonds. The molecule has 4 aromatic rings. The molecule has 0 N–H and O–H groups in total. The van der Waals surface area contributed by atoms with Gasteiger partial charge >= 0.3 is 0 Å². The third kappa shape index (κ3) is 5.30.